The largest absolute Gasteiger partial charge is 0.382 e. The van der Waals surface area contributed by atoms with Crippen molar-refractivity contribution in [1.82, 2.24) is 0 Å². The molecule has 0 spiro atoms. The number of hydrogen-bond acceptors (Lipinski definition) is 4. The number of hydrogen-bond donors (Lipinski definition) is 0. The van der Waals surface area contributed by atoms with Crippen LogP contribution in [-0.4, -0.2) is 39.0 Å². The molecule has 5 heteroatoms. The molecule has 1 aromatic carbocycles. The van der Waals surface area contributed by atoms with Crippen molar-refractivity contribution in [2.75, 3.05) is 31.7 Å². The van der Waals surface area contributed by atoms with Gasteiger partial charge in [-0.1, -0.05) is 0 Å². The Morgan fingerprint density at radius 1 is 1.53 bits per heavy atom. The zero-order valence-corrected chi connectivity index (χ0v) is 12.7. The molecule has 1 saturated heterocycles. The Bertz CT molecular complexity index is 487. The maximum Gasteiger partial charge on any atom is 0.0992 e. The van der Waals surface area contributed by atoms with Crippen LogP contribution >= 0.6 is 15.9 Å². The minimum atomic E-state index is 0.0799. The van der Waals surface area contributed by atoms with Gasteiger partial charge in [-0.2, -0.15) is 5.26 Å². The lowest BCUT2D eigenvalue weighted by Gasteiger charge is -2.38. The second-order valence-corrected chi connectivity index (χ2v) is 5.56. The van der Waals surface area contributed by atoms with Crippen LogP contribution in [0.25, 0.3) is 0 Å². The Morgan fingerprint density at radius 2 is 2.32 bits per heavy atom. The monoisotopic (exact) mass is 324 g/mol. The molecule has 2 atom stereocenters. The molecule has 1 aliphatic rings. The van der Waals surface area contributed by atoms with Crippen molar-refractivity contribution in [3.05, 3.63) is 28.2 Å². The maximum absolute atomic E-state index is 8.90. The van der Waals surface area contributed by atoms with E-state index in [9.17, 15) is 0 Å². The van der Waals surface area contributed by atoms with Crippen LogP contribution in [0.1, 0.15) is 12.5 Å². The molecular formula is C14H17BrN2O2. The lowest BCUT2D eigenvalue weighted by Crippen LogP contribution is -2.48. The molecule has 19 heavy (non-hydrogen) atoms. The molecule has 102 valence electrons. The first-order valence-electron chi connectivity index (χ1n) is 6.23. The van der Waals surface area contributed by atoms with Crippen LogP contribution < -0.4 is 4.90 Å². The highest BCUT2D eigenvalue weighted by Gasteiger charge is 2.26. The van der Waals surface area contributed by atoms with E-state index in [1.54, 1.807) is 7.11 Å². The van der Waals surface area contributed by atoms with Crippen molar-refractivity contribution >= 4 is 21.6 Å². The number of anilines is 1. The minimum Gasteiger partial charge on any atom is -0.382 e. The van der Waals surface area contributed by atoms with Crippen LogP contribution in [0, 0.1) is 11.3 Å². The molecule has 0 bridgehead atoms. The summed E-state index contributed by atoms with van der Waals surface area (Å²) in [5, 5.41) is 8.90. The van der Waals surface area contributed by atoms with Gasteiger partial charge in [-0.3, -0.25) is 0 Å². The number of rotatable bonds is 3. The summed E-state index contributed by atoms with van der Waals surface area (Å²) in [5.41, 5.74) is 1.75. The lowest BCUT2D eigenvalue weighted by atomic mass is 10.1. The van der Waals surface area contributed by atoms with Crippen molar-refractivity contribution in [3.8, 4) is 6.07 Å². The lowest BCUT2D eigenvalue weighted by molar-refractivity contribution is -0.0511. The molecule has 0 amide bonds. The van der Waals surface area contributed by atoms with Gasteiger partial charge in [-0.15, -0.1) is 0 Å². The second kappa shape index (κ2) is 6.38. The molecule has 1 heterocycles. The normalized spacial score (nSPS) is 23.2. The fourth-order valence-corrected chi connectivity index (χ4v) is 2.98. The SMILES string of the molecule is COCC1CN(c2ccc(C#N)cc2Br)CC(C)O1. The predicted molar refractivity (Wildman–Crippen MR) is 77.3 cm³/mol. The van der Waals surface area contributed by atoms with Crippen LogP contribution in [-0.2, 0) is 9.47 Å². The Hall–Kier alpha value is -1.09. The maximum atomic E-state index is 8.90. The molecule has 0 aliphatic carbocycles. The number of benzene rings is 1. The highest BCUT2D eigenvalue weighted by molar-refractivity contribution is 9.10. The van der Waals surface area contributed by atoms with Crippen LogP contribution in [0.2, 0.25) is 0 Å². The summed E-state index contributed by atoms with van der Waals surface area (Å²) in [6, 6.07) is 7.81. The number of nitrogens with zero attached hydrogens (tertiary/aromatic N) is 2. The summed E-state index contributed by atoms with van der Waals surface area (Å²) in [5.74, 6) is 0. The molecule has 1 aliphatic heterocycles. The number of morpholine rings is 1. The first-order chi connectivity index (χ1) is 9.13. The quantitative estimate of drug-likeness (QED) is 0.857. The van der Waals surface area contributed by atoms with Gasteiger partial charge >= 0.3 is 0 Å². The topological polar surface area (TPSA) is 45.5 Å². The van der Waals surface area contributed by atoms with Gasteiger partial charge in [0.1, 0.15) is 0 Å². The molecule has 4 nitrogen and oxygen atoms in total. The molecule has 0 aromatic heterocycles. The van der Waals surface area contributed by atoms with Gasteiger partial charge < -0.3 is 14.4 Å². The summed E-state index contributed by atoms with van der Waals surface area (Å²) < 4.78 is 11.9. The number of halogens is 1. The van der Waals surface area contributed by atoms with Crippen molar-refractivity contribution in [2.45, 2.75) is 19.1 Å². The van der Waals surface area contributed by atoms with Crippen molar-refractivity contribution in [1.29, 1.82) is 5.26 Å². The number of nitriles is 1. The molecule has 2 unspecified atom stereocenters. The summed E-state index contributed by atoms with van der Waals surface area (Å²) >= 11 is 3.54. The Morgan fingerprint density at radius 3 is 2.95 bits per heavy atom. The van der Waals surface area contributed by atoms with Gasteiger partial charge in [0.25, 0.3) is 0 Å². The predicted octanol–water partition coefficient (Wildman–Crippen LogP) is 2.56. The van der Waals surface area contributed by atoms with Gasteiger partial charge in [-0.25, -0.2) is 0 Å². The van der Waals surface area contributed by atoms with Gasteiger partial charge in [0.15, 0.2) is 0 Å². The minimum absolute atomic E-state index is 0.0799. The van der Waals surface area contributed by atoms with Gasteiger partial charge in [0.05, 0.1) is 36.1 Å². The summed E-state index contributed by atoms with van der Waals surface area (Å²) in [4.78, 5) is 2.27. The van der Waals surface area contributed by atoms with Crippen molar-refractivity contribution < 1.29 is 9.47 Å². The van der Waals surface area contributed by atoms with Crippen LogP contribution in [0.4, 0.5) is 5.69 Å². The van der Waals surface area contributed by atoms with E-state index in [0.717, 1.165) is 23.2 Å². The van der Waals surface area contributed by atoms with Crippen molar-refractivity contribution in [2.24, 2.45) is 0 Å². The number of ether oxygens (including phenoxy) is 2. The Balaban J connectivity index is 2.18. The van der Waals surface area contributed by atoms with E-state index < -0.39 is 0 Å². The molecule has 0 N–H and O–H groups in total. The van der Waals surface area contributed by atoms with Crippen LogP contribution in [0.5, 0.6) is 0 Å². The smallest absolute Gasteiger partial charge is 0.0992 e. The first-order valence-corrected chi connectivity index (χ1v) is 7.02. The second-order valence-electron chi connectivity index (χ2n) is 4.71. The van der Waals surface area contributed by atoms with E-state index in [-0.39, 0.29) is 12.2 Å². The average Bonchev–Trinajstić information content (AvgIpc) is 2.38. The fourth-order valence-electron chi connectivity index (χ4n) is 2.35. The number of methoxy groups -OCH3 is 1. The van der Waals surface area contributed by atoms with Gasteiger partial charge in [-0.05, 0) is 41.1 Å². The Kier molecular flexibility index (Phi) is 4.81. The van der Waals surface area contributed by atoms with E-state index in [1.165, 1.54) is 0 Å². The highest BCUT2D eigenvalue weighted by atomic mass is 79.9. The van der Waals surface area contributed by atoms with Crippen LogP contribution in [0.3, 0.4) is 0 Å². The zero-order chi connectivity index (χ0) is 13.8. The molecule has 2 rings (SSSR count). The van der Waals surface area contributed by atoms with Gasteiger partial charge in [0, 0.05) is 24.7 Å². The van der Waals surface area contributed by atoms with E-state index >= 15 is 0 Å². The molecule has 0 saturated carbocycles. The van der Waals surface area contributed by atoms with E-state index in [1.807, 2.05) is 18.2 Å². The summed E-state index contributed by atoms with van der Waals surface area (Å²) in [6.45, 7) is 4.29. The molecule has 1 fully saturated rings. The van der Waals surface area contributed by atoms with Crippen molar-refractivity contribution in [3.63, 3.8) is 0 Å². The van der Waals surface area contributed by atoms with E-state index in [2.05, 4.69) is 33.8 Å². The third-order valence-corrected chi connectivity index (χ3v) is 3.73. The highest BCUT2D eigenvalue weighted by Crippen LogP contribution is 2.29. The van der Waals surface area contributed by atoms with Crippen LogP contribution in [0.15, 0.2) is 22.7 Å². The summed E-state index contributed by atoms with van der Waals surface area (Å²) in [7, 11) is 1.69. The molecule has 0 radical (unpaired) electrons. The third kappa shape index (κ3) is 3.47. The first kappa shape index (κ1) is 14.3. The summed E-state index contributed by atoms with van der Waals surface area (Å²) in [6.07, 6.45) is 0.243. The molecular weight excluding hydrogens is 308 g/mol. The average molecular weight is 325 g/mol. The Labute approximate surface area is 122 Å². The zero-order valence-electron chi connectivity index (χ0n) is 11.1. The van der Waals surface area contributed by atoms with Gasteiger partial charge in [0.2, 0.25) is 0 Å². The van der Waals surface area contributed by atoms with E-state index in [0.29, 0.717) is 12.2 Å². The van der Waals surface area contributed by atoms with E-state index in [4.69, 9.17) is 14.7 Å². The molecule has 1 aromatic rings. The third-order valence-electron chi connectivity index (χ3n) is 3.10. The standard InChI is InChI=1S/C14H17BrN2O2/c1-10-7-17(8-12(19-10)9-18-2)14-4-3-11(6-16)5-13(14)15/h3-5,10,12H,7-9H2,1-2H3. The fraction of sp³-hybridized carbons (Fsp3) is 0.500.